The third-order valence-electron chi connectivity index (χ3n) is 2.46. The zero-order valence-electron chi connectivity index (χ0n) is 8.77. The third-order valence-corrected chi connectivity index (χ3v) is 2.46. The first-order chi connectivity index (χ1) is 7.76. The van der Waals surface area contributed by atoms with Crippen LogP contribution in [0.4, 0.5) is 0 Å². The van der Waals surface area contributed by atoms with Crippen LogP contribution in [-0.4, -0.2) is 19.2 Å². The maximum atomic E-state index is 11.4. The Kier molecular flexibility index (Phi) is 2.68. The molecule has 16 heavy (non-hydrogen) atoms. The van der Waals surface area contributed by atoms with Crippen LogP contribution < -0.4 is 4.74 Å². The Morgan fingerprint density at radius 1 is 1.25 bits per heavy atom. The highest BCUT2D eigenvalue weighted by Crippen LogP contribution is 2.24. The summed E-state index contributed by atoms with van der Waals surface area (Å²) in [6.07, 6.45) is 0.328. The summed E-state index contributed by atoms with van der Waals surface area (Å²) in [6, 6.07) is 10.7. The largest absolute Gasteiger partial charge is 0.497 e. The predicted molar refractivity (Wildman–Crippen MR) is 60.9 cm³/mol. The minimum Gasteiger partial charge on any atom is -0.497 e. The van der Waals surface area contributed by atoms with E-state index in [1.165, 1.54) is 0 Å². The zero-order chi connectivity index (χ0) is 11.5. The summed E-state index contributed by atoms with van der Waals surface area (Å²) in [7, 11) is 1.56. The molecule has 0 N–H and O–H groups in total. The lowest BCUT2D eigenvalue weighted by atomic mass is 10.0. The van der Waals surface area contributed by atoms with Crippen LogP contribution in [0.1, 0.15) is 10.4 Å². The minimum atomic E-state index is -0.515. The smallest absolute Gasteiger partial charge is 0.225 e. The molecular weight excluding hydrogens is 204 g/mol. The summed E-state index contributed by atoms with van der Waals surface area (Å²) in [5.41, 5.74) is 0.409. The van der Waals surface area contributed by atoms with Crippen molar-refractivity contribution in [3.8, 4) is 5.75 Å². The second-order valence-corrected chi connectivity index (χ2v) is 3.37. The van der Waals surface area contributed by atoms with E-state index in [9.17, 15) is 9.59 Å². The average molecular weight is 214 g/mol. The molecule has 0 heterocycles. The van der Waals surface area contributed by atoms with Gasteiger partial charge in [0.05, 0.1) is 7.11 Å². The molecule has 2 aromatic carbocycles. The van der Waals surface area contributed by atoms with E-state index < -0.39 is 5.78 Å². The number of rotatable bonds is 3. The molecule has 0 amide bonds. The SMILES string of the molecule is COc1ccc2cccc(C(=O)C=O)c2c1. The molecule has 0 fully saturated rings. The Bertz CT molecular complexity index is 558. The standard InChI is InChI=1S/C13H10O3/c1-16-10-6-5-9-3-2-4-11(12(9)7-10)13(15)8-14/h2-8H,1H3. The Morgan fingerprint density at radius 2 is 2.06 bits per heavy atom. The molecule has 0 atom stereocenters. The first-order valence-electron chi connectivity index (χ1n) is 4.82. The minimum absolute atomic E-state index is 0.328. The number of ketones is 1. The van der Waals surface area contributed by atoms with Crippen LogP contribution in [0, 0.1) is 0 Å². The summed E-state index contributed by atoms with van der Waals surface area (Å²) in [5.74, 6) is 0.150. The van der Waals surface area contributed by atoms with Crippen LogP contribution in [0.5, 0.6) is 5.75 Å². The van der Waals surface area contributed by atoms with Crippen molar-refractivity contribution in [3.05, 3.63) is 42.0 Å². The van der Waals surface area contributed by atoms with E-state index in [1.807, 2.05) is 18.2 Å². The summed E-state index contributed by atoms with van der Waals surface area (Å²) < 4.78 is 5.09. The van der Waals surface area contributed by atoms with E-state index in [0.29, 0.717) is 17.6 Å². The number of carbonyl (C=O) groups excluding carboxylic acids is 2. The number of aldehydes is 1. The van der Waals surface area contributed by atoms with E-state index in [1.54, 1.807) is 25.3 Å². The highest BCUT2D eigenvalue weighted by molar-refractivity contribution is 6.36. The van der Waals surface area contributed by atoms with E-state index in [0.717, 1.165) is 10.8 Å². The third kappa shape index (κ3) is 1.67. The molecule has 80 valence electrons. The van der Waals surface area contributed by atoms with Crippen molar-refractivity contribution in [1.29, 1.82) is 0 Å². The van der Waals surface area contributed by atoms with Gasteiger partial charge in [-0.05, 0) is 22.9 Å². The molecule has 0 radical (unpaired) electrons. The maximum absolute atomic E-state index is 11.4. The first-order valence-corrected chi connectivity index (χ1v) is 4.82. The monoisotopic (exact) mass is 214 g/mol. The second-order valence-electron chi connectivity index (χ2n) is 3.37. The van der Waals surface area contributed by atoms with Gasteiger partial charge in [-0.25, -0.2) is 0 Å². The lowest BCUT2D eigenvalue weighted by molar-refractivity contribution is -0.104. The molecule has 0 saturated carbocycles. The second kappa shape index (κ2) is 4.14. The van der Waals surface area contributed by atoms with Gasteiger partial charge in [0.2, 0.25) is 5.78 Å². The van der Waals surface area contributed by atoms with Gasteiger partial charge in [0.1, 0.15) is 5.75 Å². The summed E-state index contributed by atoms with van der Waals surface area (Å²) in [5, 5.41) is 1.65. The van der Waals surface area contributed by atoms with Gasteiger partial charge in [0.15, 0.2) is 6.29 Å². The molecule has 0 unspecified atom stereocenters. The number of methoxy groups -OCH3 is 1. The zero-order valence-corrected chi connectivity index (χ0v) is 8.77. The average Bonchev–Trinajstić information content (AvgIpc) is 2.36. The Morgan fingerprint density at radius 3 is 2.75 bits per heavy atom. The van der Waals surface area contributed by atoms with E-state index in [2.05, 4.69) is 0 Å². The van der Waals surface area contributed by atoms with Crippen LogP contribution in [0.15, 0.2) is 36.4 Å². The fraction of sp³-hybridized carbons (Fsp3) is 0.0769. The van der Waals surface area contributed by atoms with Gasteiger partial charge >= 0.3 is 0 Å². The fourth-order valence-corrected chi connectivity index (χ4v) is 1.66. The quantitative estimate of drug-likeness (QED) is 0.447. The van der Waals surface area contributed by atoms with E-state index in [4.69, 9.17) is 4.74 Å². The van der Waals surface area contributed by atoms with Gasteiger partial charge < -0.3 is 4.74 Å². The molecule has 0 aliphatic carbocycles. The van der Waals surface area contributed by atoms with Gasteiger partial charge in [-0.2, -0.15) is 0 Å². The van der Waals surface area contributed by atoms with Crippen LogP contribution >= 0.6 is 0 Å². The molecule has 0 aromatic heterocycles. The summed E-state index contributed by atoms with van der Waals surface area (Å²) in [6.45, 7) is 0. The molecule has 2 aromatic rings. The normalized spacial score (nSPS) is 10.1. The molecule has 0 bridgehead atoms. The van der Waals surface area contributed by atoms with Crippen LogP contribution in [0.25, 0.3) is 10.8 Å². The fourth-order valence-electron chi connectivity index (χ4n) is 1.66. The van der Waals surface area contributed by atoms with Gasteiger partial charge in [-0.1, -0.05) is 24.3 Å². The summed E-state index contributed by atoms with van der Waals surface area (Å²) >= 11 is 0. The molecule has 0 aliphatic rings. The Balaban J connectivity index is 2.73. The molecule has 3 nitrogen and oxygen atoms in total. The Hall–Kier alpha value is -2.16. The van der Waals surface area contributed by atoms with Crippen molar-refractivity contribution in [3.63, 3.8) is 0 Å². The predicted octanol–water partition coefficient (Wildman–Crippen LogP) is 2.23. The van der Waals surface area contributed by atoms with E-state index >= 15 is 0 Å². The highest BCUT2D eigenvalue weighted by atomic mass is 16.5. The number of benzene rings is 2. The van der Waals surface area contributed by atoms with Crippen molar-refractivity contribution in [1.82, 2.24) is 0 Å². The number of hydrogen-bond acceptors (Lipinski definition) is 3. The number of ether oxygens (including phenoxy) is 1. The number of Topliss-reactive ketones (excluding diaryl/α,β-unsaturated/α-hetero) is 1. The lowest BCUT2D eigenvalue weighted by Gasteiger charge is -2.05. The van der Waals surface area contributed by atoms with Gasteiger partial charge in [-0.3, -0.25) is 9.59 Å². The number of fused-ring (bicyclic) bond motifs is 1. The molecular formula is C13H10O3. The Labute approximate surface area is 92.6 Å². The van der Waals surface area contributed by atoms with Crippen molar-refractivity contribution < 1.29 is 14.3 Å². The lowest BCUT2D eigenvalue weighted by Crippen LogP contribution is -2.00. The topological polar surface area (TPSA) is 43.4 Å². The van der Waals surface area contributed by atoms with Crippen LogP contribution in [0.3, 0.4) is 0 Å². The van der Waals surface area contributed by atoms with Crippen molar-refractivity contribution in [2.75, 3.05) is 7.11 Å². The van der Waals surface area contributed by atoms with Crippen LogP contribution in [0.2, 0.25) is 0 Å². The van der Waals surface area contributed by atoms with Gasteiger partial charge in [0, 0.05) is 5.56 Å². The molecule has 0 saturated heterocycles. The molecule has 0 spiro atoms. The number of carbonyl (C=O) groups is 2. The molecule has 0 aliphatic heterocycles. The van der Waals surface area contributed by atoms with E-state index in [-0.39, 0.29) is 0 Å². The van der Waals surface area contributed by atoms with Crippen molar-refractivity contribution in [2.45, 2.75) is 0 Å². The van der Waals surface area contributed by atoms with Crippen molar-refractivity contribution >= 4 is 22.8 Å². The van der Waals surface area contributed by atoms with Gasteiger partial charge in [-0.15, -0.1) is 0 Å². The summed E-state index contributed by atoms with van der Waals surface area (Å²) in [4.78, 5) is 21.9. The maximum Gasteiger partial charge on any atom is 0.225 e. The molecule has 3 heteroatoms. The van der Waals surface area contributed by atoms with Crippen LogP contribution in [-0.2, 0) is 4.79 Å². The number of hydrogen-bond donors (Lipinski definition) is 0. The molecule has 2 rings (SSSR count). The van der Waals surface area contributed by atoms with Gasteiger partial charge in [0.25, 0.3) is 0 Å². The first kappa shape index (κ1) is 10.4. The highest BCUT2D eigenvalue weighted by Gasteiger charge is 2.09. The van der Waals surface area contributed by atoms with Crippen molar-refractivity contribution in [2.24, 2.45) is 0 Å².